The second-order valence-corrected chi connectivity index (χ2v) is 10.4. The summed E-state index contributed by atoms with van der Waals surface area (Å²) in [4.78, 5) is 28.8. The highest BCUT2D eigenvalue weighted by molar-refractivity contribution is 9.10. The molecule has 3 atom stereocenters. The van der Waals surface area contributed by atoms with Gasteiger partial charge in [-0.2, -0.15) is 13.2 Å². The Hall–Kier alpha value is -2.53. The van der Waals surface area contributed by atoms with E-state index in [0.717, 1.165) is 29.4 Å². The monoisotopic (exact) mass is 537 g/mol. The van der Waals surface area contributed by atoms with Crippen LogP contribution in [0.15, 0.2) is 41.1 Å². The van der Waals surface area contributed by atoms with Crippen molar-refractivity contribution in [2.75, 3.05) is 11.9 Å². The molecule has 2 aromatic heterocycles. The van der Waals surface area contributed by atoms with Gasteiger partial charge in [-0.25, -0.2) is 15.0 Å². The normalized spacial score (nSPS) is 21.7. The number of aryl methyl sites for hydroxylation is 1. The maximum atomic E-state index is 13.6. The summed E-state index contributed by atoms with van der Waals surface area (Å²) < 4.78 is 40.5. The standard InChI is InChI=1S/C22H19BrF3N5OS/c1-11-30-18(19(33-11)12-3-2-4-14(5-12)22(24,25)26)20(32)31-16(6-13-7-17(13)31)10-29-21-27-8-15(23)9-28-21/h2-5,8-9,13,16-17H,6-7,10H2,1H3,(H,27,28,29)/t13-,16+,17+/m1/s1. The minimum atomic E-state index is -4.46. The van der Waals surface area contributed by atoms with Crippen molar-refractivity contribution in [3.8, 4) is 10.4 Å². The highest BCUT2D eigenvalue weighted by Crippen LogP contribution is 2.49. The van der Waals surface area contributed by atoms with Gasteiger partial charge < -0.3 is 10.2 Å². The highest BCUT2D eigenvalue weighted by Gasteiger charge is 2.54. The van der Waals surface area contributed by atoms with Crippen molar-refractivity contribution in [1.29, 1.82) is 0 Å². The zero-order valence-electron chi connectivity index (χ0n) is 17.4. The van der Waals surface area contributed by atoms with Crippen LogP contribution in [0, 0.1) is 12.8 Å². The molecule has 1 saturated heterocycles. The SMILES string of the molecule is Cc1nc(C(=O)N2[C@H](CNc3ncc(Br)cn3)C[C@@H]3C[C@@H]32)c(-c2cccc(C(F)(F)F)c2)s1. The van der Waals surface area contributed by atoms with Crippen molar-refractivity contribution < 1.29 is 18.0 Å². The summed E-state index contributed by atoms with van der Waals surface area (Å²) in [6, 6.07) is 5.14. The van der Waals surface area contributed by atoms with E-state index in [-0.39, 0.29) is 23.7 Å². The molecule has 172 valence electrons. The first-order valence-electron chi connectivity index (χ1n) is 10.4. The Kier molecular flexibility index (Phi) is 5.64. The van der Waals surface area contributed by atoms with Gasteiger partial charge in [0.1, 0.15) is 5.69 Å². The summed E-state index contributed by atoms with van der Waals surface area (Å²) in [6.45, 7) is 2.24. The number of amides is 1. The molecule has 1 saturated carbocycles. The fourth-order valence-electron chi connectivity index (χ4n) is 4.40. The number of hydrogen-bond acceptors (Lipinski definition) is 6. The van der Waals surface area contributed by atoms with Gasteiger partial charge in [0.25, 0.3) is 5.91 Å². The molecular weight excluding hydrogens is 519 g/mol. The lowest BCUT2D eigenvalue weighted by Crippen LogP contribution is -2.42. The molecule has 1 N–H and O–H groups in total. The Labute approximate surface area is 200 Å². The minimum Gasteiger partial charge on any atom is -0.352 e. The molecule has 1 amide bonds. The van der Waals surface area contributed by atoms with Gasteiger partial charge in [-0.3, -0.25) is 4.79 Å². The van der Waals surface area contributed by atoms with Crippen LogP contribution < -0.4 is 5.32 Å². The van der Waals surface area contributed by atoms with Gasteiger partial charge in [0.2, 0.25) is 5.95 Å². The maximum absolute atomic E-state index is 13.6. The van der Waals surface area contributed by atoms with E-state index < -0.39 is 11.7 Å². The smallest absolute Gasteiger partial charge is 0.352 e. The Morgan fingerprint density at radius 2 is 2.03 bits per heavy atom. The molecule has 3 aromatic rings. The Morgan fingerprint density at radius 3 is 2.76 bits per heavy atom. The second-order valence-electron chi connectivity index (χ2n) is 8.26. The molecule has 0 unspecified atom stereocenters. The number of carbonyl (C=O) groups excluding carboxylic acids is 1. The van der Waals surface area contributed by atoms with Crippen molar-refractivity contribution in [3.05, 3.63) is 57.4 Å². The number of halogens is 4. The second kappa shape index (κ2) is 8.35. The molecule has 1 aliphatic carbocycles. The van der Waals surface area contributed by atoms with Gasteiger partial charge >= 0.3 is 6.18 Å². The van der Waals surface area contributed by atoms with E-state index in [0.29, 0.717) is 33.9 Å². The van der Waals surface area contributed by atoms with Crippen LogP contribution >= 0.6 is 27.3 Å². The Bertz CT molecular complexity index is 1200. The maximum Gasteiger partial charge on any atom is 0.416 e. The number of thiazole rings is 1. The molecule has 6 nitrogen and oxygen atoms in total. The Morgan fingerprint density at radius 1 is 1.27 bits per heavy atom. The highest BCUT2D eigenvalue weighted by atomic mass is 79.9. The molecule has 1 aliphatic heterocycles. The summed E-state index contributed by atoms with van der Waals surface area (Å²) in [5, 5.41) is 3.82. The molecule has 5 rings (SSSR count). The van der Waals surface area contributed by atoms with Crippen molar-refractivity contribution in [3.63, 3.8) is 0 Å². The van der Waals surface area contributed by atoms with Gasteiger partial charge in [0, 0.05) is 25.0 Å². The fourth-order valence-corrected chi connectivity index (χ4v) is 5.51. The number of carbonyl (C=O) groups is 1. The number of benzene rings is 1. The summed E-state index contributed by atoms with van der Waals surface area (Å²) in [5.41, 5.74) is -0.179. The minimum absolute atomic E-state index is 0.0649. The molecule has 33 heavy (non-hydrogen) atoms. The summed E-state index contributed by atoms with van der Waals surface area (Å²) in [5.74, 6) is 0.684. The number of anilines is 1. The molecule has 0 radical (unpaired) electrons. The van der Waals surface area contributed by atoms with E-state index in [2.05, 4.69) is 36.2 Å². The molecule has 3 heterocycles. The number of fused-ring (bicyclic) bond motifs is 1. The van der Waals surface area contributed by atoms with E-state index in [1.54, 1.807) is 25.4 Å². The molecule has 0 spiro atoms. The number of likely N-dealkylation sites (tertiary alicyclic amines) is 1. The summed E-state index contributed by atoms with van der Waals surface area (Å²) in [6.07, 6.45) is 0.635. The van der Waals surface area contributed by atoms with Crippen LogP contribution in [-0.4, -0.2) is 44.4 Å². The lowest BCUT2D eigenvalue weighted by atomic mass is 10.1. The van der Waals surface area contributed by atoms with Crippen LogP contribution in [0.5, 0.6) is 0 Å². The lowest BCUT2D eigenvalue weighted by molar-refractivity contribution is -0.137. The average molecular weight is 538 g/mol. The van der Waals surface area contributed by atoms with Crippen LogP contribution in [0.3, 0.4) is 0 Å². The van der Waals surface area contributed by atoms with Crippen LogP contribution in [0.25, 0.3) is 10.4 Å². The van der Waals surface area contributed by atoms with Crippen molar-refractivity contribution in [2.45, 2.75) is 38.0 Å². The molecule has 1 aromatic carbocycles. The third-order valence-electron chi connectivity index (χ3n) is 5.95. The van der Waals surface area contributed by atoms with Crippen LogP contribution in [-0.2, 0) is 6.18 Å². The fraction of sp³-hybridized carbons (Fsp3) is 0.364. The zero-order valence-corrected chi connectivity index (χ0v) is 19.8. The van der Waals surface area contributed by atoms with Gasteiger partial charge in [0.15, 0.2) is 0 Å². The van der Waals surface area contributed by atoms with Gasteiger partial charge in [-0.15, -0.1) is 11.3 Å². The predicted molar refractivity (Wildman–Crippen MR) is 122 cm³/mol. The van der Waals surface area contributed by atoms with Crippen molar-refractivity contribution in [1.82, 2.24) is 19.9 Å². The van der Waals surface area contributed by atoms with E-state index in [1.807, 2.05) is 4.90 Å². The Balaban J connectivity index is 1.40. The number of piperidine rings is 1. The largest absolute Gasteiger partial charge is 0.416 e. The lowest BCUT2D eigenvalue weighted by Gasteiger charge is -2.27. The van der Waals surface area contributed by atoms with Crippen molar-refractivity contribution >= 4 is 39.1 Å². The van der Waals surface area contributed by atoms with Crippen LogP contribution in [0.1, 0.15) is 33.9 Å². The van der Waals surface area contributed by atoms with E-state index >= 15 is 0 Å². The molecule has 2 fully saturated rings. The number of nitrogens with zero attached hydrogens (tertiary/aromatic N) is 4. The number of rotatable bonds is 5. The average Bonchev–Trinajstić information content (AvgIpc) is 3.27. The van der Waals surface area contributed by atoms with E-state index in [9.17, 15) is 18.0 Å². The first-order valence-corrected chi connectivity index (χ1v) is 12.0. The van der Waals surface area contributed by atoms with E-state index in [1.165, 1.54) is 17.4 Å². The van der Waals surface area contributed by atoms with Crippen LogP contribution in [0.4, 0.5) is 19.1 Å². The first-order chi connectivity index (χ1) is 15.7. The third-order valence-corrected chi connectivity index (χ3v) is 7.38. The third kappa shape index (κ3) is 4.48. The first kappa shape index (κ1) is 22.3. The number of nitrogens with one attached hydrogen (secondary N) is 1. The number of alkyl halides is 3. The molecular formula is C22H19BrF3N5OS. The summed E-state index contributed by atoms with van der Waals surface area (Å²) in [7, 11) is 0. The van der Waals surface area contributed by atoms with Crippen molar-refractivity contribution in [2.24, 2.45) is 5.92 Å². The summed E-state index contributed by atoms with van der Waals surface area (Å²) >= 11 is 4.54. The number of hydrogen-bond donors (Lipinski definition) is 1. The van der Waals surface area contributed by atoms with Gasteiger partial charge in [-0.1, -0.05) is 12.1 Å². The molecule has 0 bridgehead atoms. The van der Waals surface area contributed by atoms with Gasteiger partial charge in [-0.05, 0) is 59.3 Å². The van der Waals surface area contributed by atoms with Crippen LogP contribution in [0.2, 0.25) is 0 Å². The number of aromatic nitrogens is 3. The molecule has 11 heteroatoms. The van der Waals surface area contributed by atoms with Gasteiger partial charge in [0.05, 0.1) is 26.0 Å². The quantitative estimate of drug-likeness (QED) is 0.471. The zero-order chi connectivity index (χ0) is 23.3. The predicted octanol–water partition coefficient (Wildman–Crippen LogP) is 5.40. The van der Waals surface area contributed by atoms with E-state index in [4.69, 9.17) is 0 Å². The topological polar surface area (TPSA) is 71.0 Å². The molecule has 2 aliphatic rings.